The van der Waals surface area contributed by atoms with Gasteiger partial charge in [0.15, 0.2) is 0 Å². The summed E-state index contributed by atoms with van der Waals surface area (Å²) in [6.45, 7) is -0.0702. The Labute approximate surface area is 168 Å². The van der Waals surface area contributed by atoms with Crippen LogP contribution < -0.4 is 10.5 Å². The highest BCUT2D eigenvalue weighted by Gasteiger charge is 2.20. The van der Waals surface area contributed by atoms with Gasteiger partial charge >= 0.3 is 0 Å². The SMILES string of the molecule is COc1ccc(C[C@H](CO)n2cc(-c3cccc(O)c3)c3c(N)ncnc32)cc1. The minimum absolute atomic E-state index is 0.0702. The molecule has 2 aromatic heterocycles. The van der Waals surface area contributed by atoms with Crippen molar-refractivity contribution in [2.24, 2.45) is 0 Å². The fraction of sp³-hybridized carbons (Fsp3) is 0.182. The summed E-state index contributed by atoms with van der Waals surface area (Å²) in [5.41, 5.74) is 9.48. The molecular weight excluding hydrogens is 368 g/mol. The van der Waals surface area contributed by atoms with Gasteiger partial charge in [0, 0.05) is 11.8 Å². The van der Waals surface area contributed by atoms with Crippen LogP contribution in [0.25, 0.3) is 22.2 Å². The Hall–Kier alpha value is -3.58. The highest BCUT2D eigenvalue weighted by atomic mass is 16.5. The van der Waals surface area contributed by atoms with Crippen LogP contribution in [0.2, 0.25) is 0 Å². The number of aliphatic hydroxyl groups is 1. The number of benzene rings is 2. The van der Waals surface area contributed by atoms with E-state index in [0.717, 1.165) is 22.4 Å². The van der Waals surface area contributed by atoms with Gasteiger partial charge in [-0.1, -0.05) is 24.3 Å². The average Bonchev–Trinajstić information content (AvgIpc) is 3.13. The number of hydrogen-bond acceptors (Lipinski definition) is 6. The zero-order valence-electron chi connectivity index (χ0n) is 16.0. The molecule has 7 heteroatoms. The van der Waals surface area contributed by atoms with Crippen molar-refractivity contribution < 1.29 is 14.9 Å². The molecule has 29 heavy (non-hydrogen) atoms. The number of aromatic hydroxyl groups is 1. The Kier molecular flexibility index (Phi) is 5.05. The number of aromatic nitrogens is 3. The maximum Gasteiger partial charge on any atom is 0.146 e. The molecule has 4 rings (SSSR count). The van der Waals surface area contributed by atoms with E-state index in [1.165, 1.54) is 6.33 Å². The van der Waals surface area contributed by atoms with Crippen molar-refractivity contribution in [3.63, 3.8) is 0 Å². The normalized spacial score (nSPS) is 12.2. The first-order chi connectivity index (χ1) is 14.1. The van der Waals surface area contributed by atoms with E-state index in [4.69, 9.17) is 10.5 Å². The van der Waals surface area contributed by atoms with Crippen LogP contribution in [0, 0.1) is 0 Å². The van der Waals surface area contributed by atoms with Crippen molar-refractivity contribution in [1.82, 2.24) is 14.5 Å². The first-order valence-corrected chi connectivity index (χ1v) is 9.25. The third-order valence-corrected chi connectivity index (χ3v) is 5.03. The number of phenolic OH excluding ortho intramolecular Hbond substituents is 1. The summed E-state index contributed by atoms with van der Waals surface area (Å²) in [6, 6.07) is 14.5. The number of methoxy groups -OCH3 is 1. The molecule has 7 nitrogen and oxygen atoms in total. The van der Waals surface area contributed by atoms with Gasteiger partial charge < -0.3 is 25.3 Å². The predicted molar refractivity (Wildman–Crippen MR) is 112 cm³/mol. The molecule has 0 saturated heterocycles. The average molecular weight is 390 g/mol. The number of aliphatic hydroxyl groups excluding tert-OH is 1. The molecule has 4 aromatic rings. The number of nitrogen functional groups attached to an aromatic ring is 1. The van der Waals surface area contributed by atoms with Gasteiger partial charge in [-0.05, 0) is 41.8 Å². The monoisotopic (exact) mass is 390 g/mol. The number of ether oxygens (including phenoxy) is 1. The molecule has 0 amide bonds. The van der Waals surface area contributed by atoms with Crippen LogP contribution in [-0.2, 0) is 6.42 Å². The Morgan fingerprint density at radius 3 is 2.62 bits per heavy atom. The summed E-state index contributed by atoms with van der Waals surface area (Å²) < 4.78 is 7.14. The van der Waals surface area contributed by atoms with Crippen LogP contribution in [0.15, 0.2) is 61.1 Å². The quantitative estimate of drug-likeness (QED) is 0.467. The third kappa shape index (κ3) is 3.60. The highest BCUT2D eigenvalue weighted by molar-refractivity contribution is 6.00. The molecule has 0 radical (unpaired) electrons. The van der Waals surface area contributed by atoms with Gasteiger partial charge in [-0.25, -0.2) is 9.97 Å². The van der Waals surface area contributed by atoms with Crippen molar-refractivity contribution in [3.05, 3.63) is 66.6 Å². The molecule has 0 unspecified atom stereocenters. The van der Waals surface area contributed by atoms with E-state index in [0.29, 0.717) is 23.3 Å². The number of anilines is 1. The third-order valence-electron chi connectivity index (χ3n) is 5.03. The molecule has 0 bridgehead atoms. The first kappa shape index (κ1) is 18.8. The lowest BCUT2D eigenvalue weighted by atomic mass is 10.1. The predicted octanol–water partition coefficient (Wildman–Crippen LogP) is 3.17. The summed E-state index contributed by atoms with van der Waals surface area (Å²) in [6.07, 6.45) is 3.94. The number of hydrogen-bond donors (Lipinski definition) is 3. The number of nitrogens with zero attached hydrogens (tertiary/aromatic N) is 3. The second-order valence-corrected chi connectivity index (χ2v) is 6.85. The van der Waals surface area contributed by atoms with Gasteiger partial charge in [-0.15, -0.1) is 0 Å². The molecule has 1 atom stereocenters. The van der Waals surface area contributed by atoms with Gasteiger partial charge in [0.2, 0.25) is 0 Å². The Balaban J connectivity index is 1.80. The lowest BCUT2D eigenvalue weighted by molar-refractivity contribution is 0.230. The Morgan fingerprint density at radius 1 is 1.14 bits per heavy atom. The van der Waals surface area contributed by atoms with Crippen LogP contribution >= 0.6 is 0 Å². The second-order valence-electron chi connectivity index (χ2n) is 6.85. The zero-order chi connectivity index (χ0) is 20.4. The largest absolute Gasteiger partial charge is 0.508 e. The molecule has 0 aliphatic heterocycles. The summed E-state index contributed by atoms with van der Waals surface area (Å²) in [5.74, 6) is 1.30. The van der Waals surface area contributed by atoms with Crippen molar-refractivity contribution in [3.8, 4) is 22.6 Å². The molecule has 0 aliphatic carbocycles. The van der Waals surface area contributed by atoms with Gasteiger partial charge in [0.1, 0.15) is 29.3 Å². The van der Waals surface area contributed by atoms with E-state index < -0.39 is 0 Å². The maximum absolute atomic E-state index is 10.1. The van der Waals surface area contributed by atoms with Crippen LogP contribution in [0.5, 0.6) is 11.5 Å². The standard InChI is InChI=1S/C22H22N4O3/c1-29-18-7-5-14(6-8-18)9-16(12-27)26-11-19(15-3-2-4-17(28)10-15)20-21(23)24-13-25-22(20)26/h2-8,10-11,13,16,27-28H,9,12H2,1H3,(H2,23,24,25)/t16-/m1/s1. The van der Waals surface area contributed by atoms with E-state index in [1.54, 1.807) is 25.3 Å². The van der Waals surface area contributed by atoms with Crippen LogP contribution in [-0.4, -0.2) is 38.5 Å². The highest BCUT2D eigenvalue weighted by Crippen LogP contribution is 2.36. The number of phenols is 1. The molecular formula is C22H22N4O3. The molecule has 148 valence electrons. The lowest BCUT2D eigenvalue weighted by Crippen LogP contribution is -2.16. The van der Waals surface area contributed by atoms with E-state index in [-0.39, 0.29) is 18.4 Å². The number of rotatable bonds is 6. The van der Waals surface area contributed by atoms with Crippen molar-refractivity contribution in [1.29, 1.82) is 0 Å². The van der Waals surface area contributed by atoms with Gasteiger partial charge in [0.05, 0.1) is 25.1 Å². The Morgan fingerprint density at radius 2 is 1.93 bits per heavy atom. The number of nitrogens with two attached hydrogens (primary N) is 1. The summed E-state index contributed by atoms with van der Waals surface area (Å²) in [7, 11) is 1.63. The molecule has 0 aliphatic rings. The van der Waals surface area contributed by atoms with Crippen molar-refractivity contribution in [2.75, 3.05) is 19.5 Å². The fourth-order valence-corrected chi connectivity index (χ4v) is 3.56. The molecule has 2 aromatic carbocycles. The minimum Gasteiger partial charge on any atom is -0.508 e. The lowest BCUT2D eigenvalue weighted by Gasteiger charge is -2.17. The van der Waals surface area contributed by atoms with E-state index >= 15 is 0 Å². The minimum atomic E-state index is -0.244. The topological polar surface area (TPSA) is 106 Å². The molecule has 2 heterocycles. The Bertz CT molecular complexity index is 1140. The zero-order valence-corrected chi connectivity index (χ0v) is 16.0. The van der Waals surface area contributed by atoms with E-state index in [2.05, 4.69) is 9.97 Å². The molecule has 4 N–H and O–H groups in total. The van der Waals surface area contributed by atoms with Gasteiger partial charge in [-0.2, -0.15) is 0 Å². The van der Waals surface area contributed by atoms with Gasteiger partial charge in [0.25, 0.3) is 0 Å². The van der Waals surface area contributed by atoms with Crippen LogP contribution in [0.1, 0.15) is 11.6 Å². The maximum atomic E-state index is 10.1. The van der Waals surface area contributed by atoms with Crippen molar-refractivity contribution >= 4 is 16.9 Å². The van der Waals surface area contributed by atoms with Crippen LogP contribution in [0.3, 0.4) is 0 Å². The molecule has 0 fully saturated rings. The van der Waals surface area contributed by atoms with Gasteiger partial charge in [-0.3, -0.25) is 0 Å². The molecule has 0 saturated carbocycles. The summed E-state index contributed by atoms with van der Waals surface area (Å²) >= 11 is 0. The first-order valence-electron chi connectivity index (χ1n) is 9.25. The molecule has 0 spiro atoms. The summed E-state index contributed by atoms with van der Waals surface area (Å²) in [4.78, 5) is 8.56. The van der Waals surface area contributed by atoms with Crippen LogP contribution in [0.4, 0.5) is 5.82 Å². The second kappa shape index (κ2) is 7.81. The van der Waals surface area contributed by atoms with E-state index in [1.807, 2.05) is 41.1 Å². The number of fused-ring (bicyclic) bond motifs is 1. The smallest absolute Gasteiger partial charge is 0.146 e. The van der Waals surface area contributed by atoms with E-state index in [9.17, 15) is 10.2 Å². The van der Waals surface area contributed by atoms with Crippen molar-refractivity contribution in [2.45, 2.75) is 12.5 Å². The fourth-order valence-electron chi connectivity index (χ4n) is 3.56. The summed E-state index contributed by atoms with van der Waals surface area (Å²) in [5, 5.41) is 20.7.